The van der Waals surface area contributed by atoms with Gasteiger partial charge in [-0.25, -0.2) is 4.98 Å². The fraction of sp³-hybridized carbons (Fsp3) is 0. The Bertz CT molecular complexity index is 3490. The van der Waals surface area contributed by atoms with Gasteiger partial charge >= 0.3 is 0 Å². The molecule has 0 bridgehead atoms. The van der Waals surface area contributed by atoms with Crippen LogP contribution in [-0.4, -0.2) is 24.1 Å². The average molecular weight is 740 g/mol. The van der Waals surface area contributed by atoms with Gasteiger partial charge in [0.2, 0.25) is 5.95 Å². The van der Waals surface area contributed by atoms with Crippen molar-refractivity contribution in [1.82, 2.24) is 24.1 Å². The van der Waals surface area contributed by atoms with Gasteiger partial charge in [-0.2, -0.15) is 9.97 Å². The lowest BCUT2D eigenvalue weighted by molar-refractivity contribution is 0.952. The molecule has 0 aliphatic rings. The van der Waals surface area contributed by atoms with Crippen molar-refractivity contribution < 1.29 is 0 Å². The van der Waals surface area contributed by atoms with Gasteiger partial charge < -0.3 is 4.57 Å². The molecule has 0 unspecified atom stereocenters. The molecule has 0 atom stereocenters. The molecule has 0 N–H and O–H groups in total. The SMILES string of the molecule is c1ccc(-c2cc3ccccc3c3ccccc23)c(-c2nc(-c3ccccc3-n3c4ccccc4c4ccccc43)nc(-n3c4ccccc4c4ccccc43)n2)c1. The van der Waals surface area contributed by atoms with Crippen LogP contribution in [-0.2, 0) is 0 Å². The molecule has 270 valence electrons. The summed E-state index contributed by atoms with van der Waals surface area (Å²) in [5.41, 5.74) is 9.37. The highest BCUT2D eigenvalue weighted by atomic mass is 15.2. The van der Waals surface area contributed by atoms with Crippen LogP contribution in [0.3, 0.4) is 0 Å². The monoisotopic (exact) mass is 739 g/mol. The molecule has 0 saturated carbocycles. The van der Waals surface area contributed by atoms with Crippen molar-refractivity contribution in [3.63, 3.8) is 0 Å². The predicted molar refractivity (Wildman–Crippen MR) is 240 cm³/mol. The summed E-state index contributed by atoms with van der Waals surface area (Å²) in [6.45, 7) is 0. The normalized spacial score (nSPS) is 11.8. The van der Waals surface area contributed by atoms with Crippen LogP contribution in [0.2, 0.25) is 0 Å². The zero-order valence-corrected chi connectivity index (χ0v) is 31.3. The first-order valence-electron chi connectivity index (χ1n) is 19.6. The molecule has 3 aromatic heterocycles. The van der Waals surface area contributed by atoms with Crippen molar-refractivity contribution in [1.29, 1.82) is 0 Å². The highest BCUT2D eigenvalue weighted by molar-refractivity contribution is 6.15. The molecule has 0 aliphatic heterocycles. The Labute approximate surface area is 333 Å². The minimum Gasteiger partial charge on any atom is -0.309 e. The smallest absolute Gasteiger partial charge is 0.238 e. The Morgan fingerprint density at radius 3 is 1.29 bits per heavy atom. The minimum absolute atomic E-state index is 0.563. The van der Waals surface area contributed by atoms with E-state index < -0.39 is 0 Å². The third kappa shape index (κ3) is 4.87. The van der Waals surface area contributed by atoms with Crippen molar-refractivity contribution in [3.05, 3.63) is 200 Å². The highest BCUT2D eigenvalue weighted by Crippen LogP contribution is 2.41. The van der Waals surface area contributed by atoms with Crippen LogP contribution in [0.15, 0.2) is 200 Å². The van der Waals surface area contributed by atoms with E-state index in [-0.39, 0.29) is 0 Å². The topological polar surface area (TPSA) is 48.5 Å². The Hall–Kier alpha value is -7.89. The number of benzene rings is 9. The number of nitrogens with zero attached hydrogens (tertiary/aromatic N) is 5. The molecule has 0 radical (unpaired) electrons. The lowest BCUT2D eigenvalue weighted by Crippen LogP contribution is -2.08. The third-order valence-electron chi connectivity index (χ3n) is 11.6. The molecule has 0 fully saturated rings. The van der Waals surface area contributed by atoms with Gasteiger partial charge in [0.25, 0.3) is 0 Å². The first-order chi connectivity index (χ1) is 28.8. The van der Waals surface area contributed by atoms with Gasteiger partial charge in [-0.05, 0) is 75.1 Å². The summed E-state index contributed by atoms with van der Waals surface area (Å²) in [6.07, 6.45) is 0. The van der Waals surface area contributed by atoms with Crippen LogP contribution in [0.1, 0.15) is 0 Å². The fourth-order valence-corrected chi connectivity index (χ4v) is 9.07. The van der Waals surface area contributed by atoms with E-state index in [4.69, 9.17) is 15.0 Å². The molecule has 9 aromatic carbocycles. The van der Waals surface area contributed by atoms with E-state index >= 15 is 0 Å². The van der Waals surface area contributed by atoms with Gasteiger partial charge in [-0.3, -0.25) is 4.57 Å². The molecule has 12 aromatic rings. The second kappa shape index (κ2) is 12.8. The summed E-state index contributed by atoms with van der Waals surface area (Å²) >= 11 is 0. The second-order valence-electron chi connectivity index (χ2n) is 14.8. The van der Waals surface area contributed by atoms with Crippen molar-refractivity contribution in [2.45, 2.75) is 0 Å². The van der Waals surface area contributed by atoms with Gasteiger partial charge in [0, 0.05) is 32.7 Å². The lowest BCUT2D eigenvalue weighted by atomic mass is 9.91. The van der Waals surface area contributed by atoms with E-state index in [1.54, 1.807) is 0 Å². The van der Waals surface area contributed by atoms with Crippen LogP contribution in [0.5, 0.6) is 0 Å². The second-order valence-corrected chi connectivity index (χ2v) is 14.8. The van der Waals surface area contributed by atoms with E-state index in [0.29, 0.717) is 17.6 Å². The summed E-state index contributed by atoms with van der Waals surface area (Å²) < 4.78 is 4.54. The van der Waals surface area contributed by atoms with Crippen LogP contribution in [0.25, 0.3) is 111 Å². The van der Waals surface area contributed by atoms with E-state index in [1.807, 2.05) is 0 Å². The number of hydrogen-bond donors (Lipinski definition) is 0. The summed E-state index contributed by atoms with van der Waals surface area (Å²) in [4.78, 5) is 16.3. The largest absolute Gasteiger partial charge is 0.309 e. The molecule has 0 spiro atoms. The minimum atomic E-state index is 0.563. The number of para-hydroxylation sites is 5. The van der Waals surface area contributed by atoms with E-state index in [2.05, 4.69) is 209 Å². The maximum Gasteiger partial charge on any atom is 0.238 e. The zero-order valence-electron chi connectivity index (χ0n) is 31.3. The van der Waals surface area contributed by atoms with Crippen molar-refractivity contribution in [3.8, 4) is 45.5 Å². The molecule has 0 saturated heterocycles. The van der Waals surface area contributed by atoms with E-state index in [0.717, 1.165) is 60.8 Å². The number of fused-ring (bicyclic) bond motifs is 9. The Morgan fingerprint density at radius 1 is 0.276 bits per heavy atom. The standard InChI is InChI=1S/C53H33N5/c1-2-18-35-34(17-1)33-45(37-20-4-3-19-36(35)37)38-21-5-6-26-43(38)51-54-52(56-53(55-51)58-48-30-14-9-24-41(48)42-25-10-15-31-49(42)58)44-27-11-16-32-50(44)57-46-28-12-7-22-39(46)40-23-8-13-29-47(40)57/h1-33H. The summed E-state index contributed by atoms with van der Waals surface area (Å²) in [7, 11) is 0. The molecule has 5 nitrogen and oxygen atoms in total. The predicted octanol–water partition coefficient (Wildman–Crippen LogP) is 13.4. The Balaban J connectivity index is 1.17. The molecule has 58 heavy (non-hydrogen) atoms. The maximum absolute atomic E-state index is 5.45. The molecule has 3 heterocycles. The van der Waals surface area contributed by atoms with Crippen molar-refractivity contribution >= 4 is 65.2 Å². The highest BCUT2D eigenvalue weighted by Gasteiger charge is 2.22. The Morgan fingerprint density at radius 2 is 0.690 bits per heavy atom. The number of rotatable bonds is 5. The van der Waals surface area contributed by atoms with Gasteiger partial charge in [0.15, 0.2) is 11.6 Å². The van der Waals surface area contributed by atoms with Crippen LogP contribution in [0.4, 0.5) is 0 Å². The fourth-order valence-electron chi connectivity index (χ4n) is 9.07. The van der Waals surface area contributed by atoms with Crippen LogP contribution < -0.4 is 0 Å². The first kappa shape index (κ1) is 32.4. The van der Waals surface area contributed by atoms with Gasteiger partial charge in [0.1, 0.15) is 0 Å². The first-order valence-corrected chi connectivity index (χ1v) is 19.6. The molecule has 5 heteroatoms. The van der Waals surface area contributed by atoms with E-state index in [1.165, 1.54) is 32.3 Å². The van der Waals surface area contributed by atoms with Crippen LogP contribution in [0, 0.1) is 0 Å². The van der Waals surface area contributed by atoms with Gasteiger partial charge in [0.05, 0.1) is 27.8 Å². The van der Waals surface area contributed by atoms with Crippen molar-refractivity contribution in [2.75, 3.05) is 0 Å². The van der Waals surface area contributed by atoms with E-state index in [9.17, 15) is 0 Å². The molecular weight excluding hydrogens is 707 g/mol. The third-order valence-corrected chi connectivity index (χ3v) is 11.6. The number of aromatic nitrogens is 5. The van der Waals surface area contributed by atoms with Gasteiger partial charge in [-0.1, -0.05) is 158 Å². The molecule has 12 rings (SSSR count). The Kier molecular flexibility index (Phi) is 7.16. The summed E-state index contributed by atoms with van der Waals surface area (Å²) in [5.74, 6) is 1.76. The average Bonchev–Trinajstić information content (AvgIpc) is 3.82. The molecular formula is C53H33N5. The number of hydrogen-bond acceptors (Lipinski definition) is 3. The quantitative estimate of drug-likeness (QED) is 0.165. The van der Waals surface area contributed by atoms with Gasteiger partial charge in [-0.15, -0.1) is 0 Å². The maximum atomic E-state index is 5.45. The summed E-state index contributed by atoms with van der Waals surface area (Å²) in [6, 6.07) is 70.8. The van der Waals surface area contributed by atoms with Crippen molar-refractivity contribution in [2.24, 2.45) is 0 Å². The summed E-state index contributed by atoms with van der Waals surface area (Å²) in [5, 5.41) is 9.52. The van der Waals surface area contributed by atoms with Crippen LogP contribution >= 0.6 is 0 Å². The zero-order chi connectivity index (χ0) is 38.2. The molecule has 0 amide bonds. The molecule has 0 aliphatic carbocycles. The lowest BCUT2D eigenvalue weighted by Gasteiger charge is -2.17.